The molecule has 6 rings (SSSR count). The SMILES string of the molecule is C#Cc1cccc(C(=O)Nc2c(-c3cc(O)ccc3C(C)(C)c3ccc(O)cc3-c3cc(C#C)c(O)c(C#C)c3NC(=O)c3cccc(C#C)c3)cc(C#C)c(O)c2C#C)c1. The molecule has 6 N–H and O–H groups in total. The Bertz CT molecular complexity index is 2900. The van der Waals surface area contributed by atoms with Crippen LogP contribution in [0.4, 0.5) is 11.4 Å². The lowest BCUT2D eigenvalue weighted by molar-refractivity contribution is 0.101. The van der Waals surface area contributed by atoms with Gasteiger partial charge in [-0.25, -0.2) is 0 Å². The van der Waals surface area contributed by atoms with E-state index in [0.717, 1.165) is 0 Å². The van der Waals surface area contributed by atoms with Gasteiger partial charge in [0.05, 0.1) is 33.6 Å². The first-order chi connectivity index (χ1) is 29.2. The van der Waals surface area contributed by atoms with Gasteiger partial charge in [-0.1, -0.05) is 73.6 Å². The highest BCUT2D eigenvalue weighted by Gasteiger charge is 2.33. The van der Waals surface area contributed by atoms with Gasteiger partial charge in [0.2, 0.25) is 0 Å². The van der Waals surface area contributed by atoms with Gasteiger partial charge in [-0.3, -0.25) is 9.59 Å². The molecule has 0 aromatic heterocycles. The maximum absolute atomic E-state index is 13.8. The van der Waals surface area contributed by atoms with E-state index in [0.29, 0.717) is 33.4 Å². The number of aromatic hydroxyl groups is 4. The molecule has 2 amide bonds. The predicted octanol–water partition coefficient (Wildman–Crippen LogP) is 8.56. The van der Waals surface area contributed by atoms with Gasteiger partial charge in [0.25, 0.3) is 11.8 Å². The number of phenols is 4. The Morgan fingerprint density at radius 2 is 0.885 bits per heavy atom. The summed E-state index contributed by atoms with van der Waals surface area (Å²) in [6.45, 7) is 3.72. The number of carbonyl (C=O) groups is 2. The fraction of sp³-hybridized carbons (Fsp3) is 0.0566. The molecule has 8 heteroatoms. The number of hydrogen-bond donors (Lipinski definition) is 6. The summed E-state index contributed by atoms with van der Waals surface area (Å²) in [4.78, 5) is 27.7. The summed E-state index contributed by atoms with van der Waals surface area (Å²) in [5.74, 6) is 12.4. The van der Waals surface area contributed by atoms with Crippen LogP contribution in [-0.4, -0.2) is 32.2 Å². The molecule has 0 saturated carbocycles. The van der Waals surface area contributed by atoms with Crippen molar-refractivity contribution in [1.82, 2.24) is 0 Å². The maximum atomic E-state index is 13.8. The molecule has 0 aliphatic carbocycles. The van der Waals surface area contributed by atoms with E-state index in [9.17, 15) is 30.0 Å². The van der Waals surface area contributed by atoms with Gasteiger partial charge < -0.3 is 31.1 Å². The molecule has 0 spiro atoms. The zero-order valence-corrected chi connectivity index (χ0v) is 32.8. The van der Waals surface area contributed by atoms with Crippen LogP contribution in [0.3, 0.4) is 0 Å². The highest BCUT2D eigenvalue weighted by molar-refractivity contribution is 6.09. The number of hydrogen-bond acceptors (Lipinski definition) is 6. The van der Waals surface area contributed by atoms with Crippen molar-refractivity contribution < 1.29 is 30.0 Å². The largest absolute Gasteiger partial charge is 0.508 e. The summed E-state index contributed by atoms with van der Waals surface area (Å²) < 4.78 is 0. The van der Waals surface area contributed by atoms with Crippen molar-refractivity contribution in [2.24, 2.45) is 0 Å². The van der Waals surface area contributed by atoms with Gasteiger partial charge in [0, 0.05) is 38.8 Å². The quantitative estimate of drug-likeness (QED) is 0.0855. The zero-order chi connectivity index (χ0) is 44.2. The van der Waals surface area contributed by atoms with Crippen molar-refractivity contribution in [2.45, 2.75) is 19.3 Å². The van der Waals surface area contributed by atoms with E-state index < -0.39 is 28.7 Å². The third kappa shape index (κ3) is 7.77. The Kier molecular flexibility index (Phi) is 11.4. The molecule has 0 bridgehead atoms. The lowest BCUT2D eigenvalue weighted by atomic mass is 9.71. The molecular weight excluding hydrogens is 761 g/mol. The summed E-state index contributed by atoms with van der Waals surface area (Å²) in [5, 5.41) is 50.2. The number of nitrogens with one attached hydrogen (secondary N) is 2. The third-order valence-electron chi connectivity index (χ3n) is 10.2. The number of benzene rings is 6. The lowest BCUT2D eigenvalue weighted by Gasteiger charge is -2.32. The number of amides is 2. The summed E-state index contributed by atoms with van der Waals surface area (Å²) in [6.07, 6.45) is 34.8. The number of anilines is 2. The average molecular weight is 795 g/mol. The van der Waals surface area contributed by atoms with Crippen LogP contribution in [0.15, 0.2) is 97.1 Å². The van der Waals surface area contributed by atoms with Crippen LogP contribution in [0.5, 0.6) is 23.0 Å². The third-order valence-corrected chi connectivity index (χ3v) is 10.2. The fourth-order valence-corrected chi connectivity index (χ4v) is 7.15. The van der Waals surface area contributed by atoms with Crippen molar-refractivity contribution in [3.05, 3.63) is 153 Å². The molecule has 0 heterocycles. The summed E-state index contributed by atoms with van der Waals surface area (Å²) in [6, 6.07) is 24.8. The molecule has 0 radical (unpaired) electrons. The van der Waals surface area contributed by atoms with E-state index >= 15 is 0 Å². The smallest absolute Gasteiger partial charge is 0.255 e. The minimum atomic E-state index is -1.12. The van der Waals surface area contributed by atoms with Crippen molar-refractivity contribution in [3.8, 4) is 119 Å². The number of rotatable bonds is 8. The van der Waals surface area contributed by atoms with Gasteiger partial charge in [-0.05, 0) is 95.1 Å². The lowest BCUT2D eigenvalue weighted by Crippen LogP contribution is -2.22. The summed E-state index contributed by atoms with van der Waals surface area (Å²) >= 11 is 0. The second kappa shape index (κ2) is 16.7. The Hall–Kier alpha value is -9.18. The Balaban J connectivity index is 1.62. The van der Waals surface area contributed by atoms with Crippen molar-refractivity contribution >= 4 is 23.2 Å². The average Bonchev–Trinajstić information content (AvgIpc) is 3.26. The number of carbonyl (C=O) groups excluding carboxylic acids is 2. The molecule has 8 nitrogen and oxygen atoms in total. The molecule has 0 fully saturated rings. The Morgan fingerprint density at radius 3 is 1.23 bits per heavy atom. The summed E-state index contributed by atoms with van der Waals surface area (Å²) in [5.41, 5.74) is 2.23. The molecule has 6 aromatic rings. The molecule has 0 unspecified atom stereocenters. The summed E-state index contributed by atoms with van der Waals surface area (Å²) in [7, 11) is 0. The first kappa shape index (κ1) is 41.5. The number of phenolic OH excluding ortho intramolecular Hbond substituents is 4. The Morgan fingerprint density at radius 1 is 0.492 bits per heavy atom. The van der Waals surface area contributed by atoms with Crippen molar-refractivity contribution in [1.29, 1.82) is 0 Å². The highest BCUT2D eigenvalue weighted by atomic mass is 16.3. The van der Waals surface area contributed by atoms with Gasteiger partial charge in [0.1, 0.15) is 23.0 Å². The second-order valence-electron chi connectivity index (χ2n) is 14.2. The number of terminal acetylenes is 6. The monoisotopic (exact) mass is 794 g/mol. The molecular formula is C53H34N2O6. The molecule has 292 valence electrons. The topological polar surface area (TPSA) is 139 Å². The normalized spacial score (nSPS) is 10.4. The van der Waals surface area contributed by atoms with Crippen LogP contribution in [-0.2, 0) is 5.41 Å². The zero-order valence-electron chi connectivity index (χ0n) is 32.8. The van der Waals surface area contributed by atoms with Crippen LogP contribution < -0.4 is 10.6 Å². The molecule has 0 saturated heterocycles. The molecule has 0 atom stereocenters. The first-order valence-corrected chi connectivity index (χ1v) is 18.3. The second-order valence-corrected chi connectivity index (χ2v) is 14.2. The van der Waals surface area contributed by atoms with Crippen molar-refractivity contribution in [3.63, 3.8) is 0 Å². The standard InChI is InChI=1S/C53H34N2O6/c1-9-31-17-15-19-35(25-31)51(60)54-47-39(13-5)49(58)33(11-3)27-43(47)41-29-37(56)21-23-45(41)53(7,8)46-24-22-38(57)30-42(46)44-28-34(12-4)50(59)40(14-6)48(44)55-52(61)36-20-16-18-32(10-2)26-36/h1-6,15-30,56-59H,7-8H3,(H,54,60)(H,55,61). The molecule has 6 aromatic carbocycles. The van der Waals surface area contributed by atoms with Gasteiger partial charge in [-0.15, -0.1) is 38.5 Å². The van der Waals surface area contributed by atoms with Crippen LogP contribution in [0.2, 0.25) is 0 Å². The minimum absolute atomic E-state index is 0.00795. The molecule has 0 aliphatic rings. The van der Waals surface area contributed by atoms with Gasteiger partial charge >= 0.3 is 0 Å². The van der Waals surface area contributed by atoms with Crippen molar-refractivity contribution in [2.75, 3.05) is 10.6 Å². The van der Waals surface area contributed by atoms with Gasteiger partial charge in [0.15, 0.2) is 0 Å². The van der Waals surface area contributed by atoms with E-state index in [2.05, 4.69) is 46.2 Å². The van der Waals surface area contributed by atoms with E-state index in [-0.39, 0.29) is 67.4 Å². The highest BCUT2D eigenvalue weighted by Crippen LogP contribution is 2.49. The van der Waals surface area contributed by atoms with E-state index in [1.807, 2.05) is 13.8 Å². The first-order valence-electron chi connectivity index (χ1n) is 18.3. The fourth-order valence-electron chi connectivity index (χ4n) is 7.15. The minimum Gasteiger partial charge on any atom is -0.508 e. The maximum Gasteiger partial charge on any atom is 0.255 e. The van der Waals surface area contributed by atoms with Crippen LogP contribution >= 0.6 is 0 Å². The van der Waals surface area contributed by atoms with Crippen LogP contribution in [0.1, 0.15) is 79.1 Å². The van der Waals surface area contributed by atoms with Crippen LogP contribution in [0.25, 0.3) is 22.3 Å². The molecule has 61 heavy (non-hydrogen) atoms. The van der Waals surface area contributed by atoms with Gasteiger partial charge in [-0.2, -0.15) is 0 Å². The van der Waals surface area contributed by atoms with E-state index in [1.54, 1.807) is 48.5 Å². The van der Waals surface area contributed by atoms with E-state index in [1.165, 1.54) is 48.5 Å². The Labute approximate surface area is 354 Å². The van der Waals surface area contributed by atoms with Crippen LogP contribution in [0, 0.1) is 74.1 Å². The van der Waals surface area contributed by atoms with E-state index in [4.69, 9.17) is 38.5 Å². The molecule has 0 aliphatic heterocycles. The predicted molar refractivity (Wildman–Crippen MR) is 239 cm³/mol.